The number of rotatable bonds is 1. The van der Waals surface area contributed by atoms with Crippen molar-refractivity contribution in [1.82, 2.24) is 0 Å². The van der Waals surface area contributed by atoms with Crippen molar-refractivity contribution < 1.29 is 20.1 Å². The number of carbonyl (C=O) groups is 1. The smallest absolute Gasteiger partial charge is 0.273 e. The first-order valence-corrected chi connectivity index (χ1v) is 10.5. The number of hydrogen-bond donors (Lipinski definition) is 3. The molecule has 4 fully saturated rings. The van der Waals surface area contributed by atoms with E-state index in [0.29, 0.717) is 35.5 Å². The highest BCUT2D eigenvalue weighted by Gasteiger charge is 2.63. The molecule has 0 spiro atoms. The summed E-state index contributed by atoms with van der Waals surface area (Å²) in [5.74, 6) is 1.48. The lowest BCUT2D eigenvalue weighted by Gasteiger charge is -2.59. The Bertz CT molecular complexity index is 636. The molecule has 0 saturated heterocycles. The van der Waals surface area contributed by atoms with E-state index in [0.717, 1.165) is 44.9 Å². The summed E-state index contributed by atoms with van der Waals surface area (Å²) in [6, 6.07) is 0. The maximum absolute atomic E-state index is 13.5. The second kappa shape index (κ2) is 5.98. The summed E-state index contributed by atoms with van der Waals surface area (Å²) in [5, 5.41) is 29.4. The van der Waals surface area contributed by atoms with E-state index in [1.807, 2.05) is 6.92 Å². The van der Waals surface area contributed by atoms with Gasteiger partial charge in [-0.2, -0.15) is 0 Å². The van der Waals surface area contributed by atoms with Gasteiger partial charge in [0.25, 0.3) is 5.95 Å². The molecule has 0 amide bonds. The Hall–Kier alpha value is -1.03. The minimum atomic E-state index is -0.552. The second-order valence-corrected chi connectivity index (χ2v) is 10.2. The molecule has 4 aliphatic rings. The Morgan fingerprint density at radius 3 is 2.46 bits per heavy atom. The van der Waals surface area contributed by atoms with Crippen molar-refractivity contribution in [3.05, 3.63) is 11.5 Å². The first-order valence-electron chi connectivity index (χ1n) is 10.5. The van der Waals surface area contributed by atoms with Gasteiger partial charge >= 0.3 is 0 Å². The standard InChI is InChI=1S/C22H34O4/c1-12(20(25)26)16-6-7-17-15-5-4-13-10-14(23)8-9-21(13,2)19(15)18(24)11-22(16,17)3/h13-17,19,23,25-26H,4-11H2,1-3H3/t13-,14-,15+,16-,17+,19-,21+,22-/m1/s1. The average molecular weight is 363 g/mol. The van der Waals surface area contributed by atoms with Gasteiger partial charge in [-0.05, 0) is 86.4 Å². The fraction of sp³-hybridized carbons (Fsp3) is 0.864. The molecule has 0 bridgehead atoms. The van der Waals surface area contributed by atoms with Crippen LogP contribution in [0.25, 0.3) is 0 Å². The summed E-state index contributed by atoms with van der Waals surface area (Å²) in [4.78, 5) is 13.5. The summed E-state index contributed by atoms with van der Waals surface area (Å²) < 4.78 is 0. The molecule has 0 aromatic heterocycles. The molecule has 0 heterocycles. The topological polar surface area (TPSA) is 77.8 Å². The van der Waals surface area contributed by atoms with Gasteiger partial charge in [-0.1, -0.05) is 13.8 Å². The first-order chi connectivity index (χ1) is 12.2. The van der Waals surface area contributed by atoms with Crippen LogP contribution in [0.5, 0.6) is 0 Å². The highest BCUT2D eigenvalue weighted by molar-refractivity contribution is 5.84. The highest BCUT2D eigenvalue weighted by Crippen LogP contribution is 2.67. The average Bonchev–Trinajstić information content (AvgIpc) is 2.90. The van der Waals surface area contributed by atoms with Gasteiger partial charge in [0.05, 0.1) is 6.10 Å². The Balaban J connectivity index is 1.68. The van der Waals surface area contributed by atoms with Crippen molar-refractivity contribution in [1.29, 1.82) is 0 Å². The Morgan fingerprint density at radius 2 is 1.77 bits per heavy atom. The largest absolute Gasteiger partial charge is 0.481 e. The fourth-order valence-electron chi connectivity index (χ4n) is 7.92. The van der Waals surface area contributed by atoms with Gasteiger partial charge in [-0.3, -0.25) is 4.79 Å². The Kier molecular flexibility index (Phi) is 4.22. The number of ketones is 1. The van der Waals surface area contributed by atoms with E-state index in [4.69, 9.17) is 0 Å². The zero-order valence-corrected chi connectivity index (χ0v) is 16.4. The highest BCUT2D eigenvalue weighted by atomic mass is 16.5. The van der Waals surface area contributed by atoms with Gasteiger partial charge in [0.1, 0.15) is 5.78 Å². The Labute approximate surface area is 156 Å². The van der Waals surface area contributed by atoms with Crippen molar-refractivity contribution >= 4 is 5.78 Å². The summed E-state index contributed by atoms with van der Waals surface area (Å²) in [7, 11) is 0. The first kappa shape index (κ1) is 18.3. The van der Waals surface area contributed by atoms with Crippen LogP contribution in [0.3, 0.4) is 0 Å². The number of aliphatic hydroxyl groups excluding tert-OH is 2. The van der Waals surface area contributed by atoms with Gasteiger partial charge in [0.15, 0.2) is 0 Å². The molecule has 0 aromatic rings. The summed E-state index contributed by atoms with van der Waals surface area (Å²) in [6.45, 7) is 6.35. The van der Waals surface area contributed by atoms with E-state index in [2.05, 4.69) is 13.8 Å². The molecule has 26 heavy (non-hydrogen) atoms. The minimum absolute atomic E-state index is 0.0443. The van der Waals surface area contributed by atoms with Crippen molar-refractivity contribution in [2.45, 2.75) is 78.2 Å². The van der Waals surface area contributed by atoms with Crippen molar-refractivity contribution in [2.75, 3.05) is 0 Å². The molecular formula is C22H34O4. The van der Waals surface area contributed by atoms with Crippen LogP contribution in [0.2, 0.25) is 0 Å². The summed E-state index contributed by atoms with van der Waals surface area (Å²) in [6.07, 6.45) is 7.28. The van der Waals surface area contributed by atoms with Gasteiger partial charge < -0.3 is 15.3 Å². The molecular weight excluding hydrogens is 328 g/mol. The van der Waals surface area contributed by atoms with Gasteiger partial charge in [-0.15, -0.1) is 0 Å². The van der Waals surface area contributed by atoms with Gasteiger partial charge in [0.2, 0.25) is 0 Å². The van der Waals surface area contributed by atoms with Crippen LogP contribution in [0.15, 0.2) is 11.5 Å². The summed E-state index contributed by atoms with van der Waals surface area (Å²) in [5.41, 5.74) is 0.556. The molecule has 0 aliphatic heterocycles. The third-order valence-corrected chi connectivity index (χ3v) is 9.20. The van der Waals surface area contributed by atoms with E-state index < -0.39 is 5.95 Å². The zero-order valence-electron chi connectivity index (χ0n) is 16.4. The lowest BCUT2D eigenvalue weighted by molar-refractivity contribution is -0.160. The molecule has 146 valence electrons. The van der Waals surface area contributed by atoms with Crippen LogP contribution in [0.1, 0.15) is 72.1 Å². The van der Waals surface area contributed by atoms with E-state index >= 15 is 0 Å². The van der Waals surface area contributed by atoms with Gasteiger partial charge in [0, 0.05) is 17.9 Å². The molecule has 4 rings (SSSR count). The number of carbonyl (C=O) groups excluding carboxylic acids is 1. The predicted octanol–water partition coefficient (Wildman–Crippen LogP) is 4.53. The molecule has 8 atom stereocenters. The minimum Gasteiger partial charge on any atom is -0.481 e. The van der Waals surface area contributed by atoms with Crippen LogP contribution in [-0.4, -0.2) is 27.2 Å². The lowest BCUT2D eigenvalue weighted by atomic mass is 9.44. The quantitative estimate of drug-likeness (QED) is 0.599. The normalized spacial score (nSPS) is 50.5. The second-order valence-electron chi connectivity index (χ2n) is 10.2. The van der Waals surface area contributed by atoms with E-state index in [9.17, 15) is 20.1 Å². The third-order valence-electron chi connectivity index (χ3n) is 9.20. The van der Waals surface area contributed by atoms with E-state index in [-0.39, 0.29) is 28.8 Å². The van der Waals surface area contributed by atoms with Gasteiger partial charge in [-0.25, -0.2) is 0 Å². The van der Waals surface area contributed by atoms with Crippen LogP contribution in [-0.2, 0) is 4.79 Å². The third kappa shape index (κ3) is 2.40. The molecule has 0 radical (unpaired) electrons. The molecule has 4 heteroatoms. The van der Waals surface area contributed by atoms with Crippen molar-refractivity contribution in [3.63, 3.8) is 0 Å². The SMILES string of the molecule is CC(=C(O)O)[C@H]1CC[C@H]2[C@@H]3CC[C@@H]4C[C@H](O)CC[C@]4(C)[C@H]3C(=O)C[C@]12C. The fourth-order valence-corrected chi connectivity index (χ4v) is 7.92. The molecule has 4 aliphatic carbocycles. The number of Topliss-reactive ketones (excluding diaryl/α,β-unsaturated/α-hetero) is 1. The molecule has 0 unspecified atom stereocenters. The molecule has 0 aromatic carbocycles. The molecule has 4 saturated carbocycles. The molecule has 3 N–H and O–H groups in total. The maximum Gasteiger partial charge on any atom is 0.273 e. The van der Waals surface area contributed by atoms with Crippen LogP contribution < -0.4 is 0 Å². The molecule has 4 nitrogen and oxygen atoms in total. The number of hydrogen-bond acceptors (Lipinski definition) is 4. The van der Waals surface area contributed by atoms with Crippen molar-refractivity contribution in [2.24, 2.45) is 40.4 Å². The maximum atomic E-state index is 13.5. The lowest BCUT2D eigenvalue weighted by Crippen LogP contribution is -2.57. The van der Waals surface area contributed by atoms with Crippen LogP contribution in [0, 0.1) is 40.4 Å². The van der Waals surface area contributed by atoms with Crippen LogP contribution >= 0.6 is 0 Å². The number of aliphatic hydroxyl groups is 3. The van der Waals surface area contributed by atoms with E-state index in [1.165, 1.54) is 0 Å². The number of fused-ring (bicyclic) bond motifs is 5. The summed E-state index contributed by atoms with van der Waals surface area (Å²) >= 11 is 0. The van der Waals surface area contributed by atoms with Crippen LogP contribution in [0.4, 0.5) is 0 Å². The Morgan fingerprint density at radius 1 is 1.04 bits per heavy atom. The van der Waals surface area contributed by atoms with E-state index in [1.54, 1.807) is 0 Å². The predicted molar refractivity (Wildman–Crippen MR) is 99.6 cm³/mol. The van der Waals surface area contributed by atoms with Crippen molar-refractivity contribution in [3.8, 4) is 0 Å². The monoisotopic (exact) mass is 362 g/mol. The number of allylic oxidation sites excluding steroid dienone is 1. The zero-order chi connectivity index (χ0) is 18.9.